The van der Waals surface area contributed by atoms with E-state index in [1.165, 1.54) is 12.2 Å². The van der Waals surface area contributed by atoms with Crippen molar-refractivity contribution < 1.29 is 29.1 Å². The molecule has 7 nitrogen and oxygen atoms in total. The first-order valence-corrected chi connectivity index (χ1v) is 10.5. The zero-order chi connectivity index (χ0) is 13.5. The maximum absolute atomic E-state index is 11.2. The third-order valence-corrected chi connectivity index (χ3v) is 4.70. The second kappa shape index (κ2) is 7.23. The van der Waals surface area contributed by atoms with Crippen LogP contribution in [-0.4, -0.2) is 38.4 Å². The first-order valence-electron chi connectivity index (χ1n) is 4.65. The van der Waals surface area contributed by atoms with Crippen LogP contribution in [0.25, 0.3) is 0 Å². The first-order chi connectivity index (χ1) is 7.62. The predicted octanol–water partition coefficient (Wildman–Crippen LogP) is 0.198. The number of hydrogen-bond acceptors (Lipinski definition) is 7. The molecule has 0 aromatic heterocycles. The van der Waals surface area contributed by atoms with Crippen LogP contribution in [0.1, 0.15) is 0 Å². The van der Waals surface area contributed by atoms with Gasteiger partial charge < -0.3 is 0 Å². The Bertz CT molecular complexity index is 410. The Hall–Kier alpha value is -0.263. The second-order valence-corrected chi connectivity index (χ2v) is 10.5. The maximum atomic E-state index is 11.2. The minimum atomic E-state index is -3.99. The lowest BCUT2D eigenvalue weighted by Crippen LogP contribution is -2.30. The molecule has 0 aromatic rings. The van der Waals surface area contributed by atoms with Crippen molar-refractivity contribution in [3.8, 4) is 0 Å². The molecule has 0 spiro atoms. The molecule has 0 N–H and O–H groups in total. The standard InChI is InChI=1S/C7H16O7S2Si/c1-17(2,3)14-16(10,11)13-7-5-4-6-12-15(8)9/h4-5,15H,6-7H2,1-3H3/b5-4+. The summed E-state index contributed by atoms with van der Waals surface area (Å²) in [6.45, 7) is 4.75. The van der Waals surface area contributed by atoms with E-state index in [1.54, 1.807) is 19.6 Å². The van der Waals surface area contributed by atoms with Crippen LogP contribution < -0.4 is 0 Å². The minimum absolute atomic E-state index is 0.156. The summed E-state index contributed by atoms with van der Waals surface area (Å²) < 4.78 is 55.9. The van der Waals surface area contributed by atoms with Crippen molar-refractivity contribution in [1.29, 1.82) is 0 Å². The van der Waals surface area contributed by atoms with Gasteiger partial charge in [-0.2, -0.15) is 8.42 Å². The highest BCUT2D eigenvalue weighted by molar-refractivity contribution is 7.83. The van der Waals surface area contributed by atoms with Crippen LogP contribution in [0.5, 0.6) is 0 Å². The Morgan fingerprint density at radius 2 is 1.65 bits per heavy atom. The number of rotatable bonds is 8. The number of thiol groups is 1. The zero-order valence-electron chi connectivity index (χ0n) is 9.78. The molecule has 0 unspecified atom stereocenters. The van der Waals surface area contributed by atoms with Gasteiger partial charge >= 0.3 is 10.4 Å². The molecule has 10 heteroatoms. The molecular formula is C7H16O7S2Si. The van der Waals surface area contributed by atoms with Gasteiger partial charge in [-0.25, -0.2) is 12.6 Å². The van der Waals surface area contributed by atoms with Gasteiger partial charge in [0.05, 0.1) is 13.2 Å². The molecule has 0 bridgehead atoms. The van der Waals surface area contributed by atoms with E-state index in [0.29, 0.717) is 0 Å². The van der Waals surface area contributed by atoms with Crippen LogP contribution in [0.3, 0.4) is 0 Å². The third-order valence-electron chi connectivity index (χ3n) is 1.10. The molecule has 0 radical (unpaired) electrons. The summed E-state index contributed by atoms with van der Waals surface area (Å²) in [5, 5.41) is 0. The Balaban J connectivity index is 3.96. The van der Waals surface area contributed by atoms with Crippen LogP contribution >= 0.6 is 0 Å². The second-order valence-electron chi connectivity index (χ2n) is 3.88. The van der Waals surface area contributed by atoms with E-state index in [-0.39, 0.29) is 13.2 Å². The van der Waals surface area contributed by atoms with E-state index in [4.69, 9.17) is 3.87 Å². The van der Waals surface area contributed by atoms with Crippen molar-refractivity contribution in [3.63, 3.8) is 0 Å². The molecule has 0 fully saturated rings. The SMILES string of the molecule is C[Si](C)(C)OS(=O)(=O)OC/C=C/CO[SH](=O)=O. The van der Waals surface area contributed by atoms with E-state index < -0.39 is 29.7 Å². The fourth-order valence-electron chi connectivity index (χ4n) is 0.693. The van der Waals surface area contributed by atoms with Gasteiger partial charge in [0.25, 0.3) is 11.0 Å². The molecule has 0 aliphatic heterocycles. The number of hydrogen-bond donors (Lipinski definition) is 1. The van der Waals surface area contributed by atoms with Crippen LogP contribution in [0.2, 0.25) is 19.6 Å². The molecule has 0 saturated carbocycles. The summed E-state index contributed by atoms with van der Waals surface area (Å²) >= 11 is 0. The summed E-state index contributed by atoms with van der Waals surface area (Å²) in [5.41, 5.74) is 0. The van der Waals surface area contributed by atoms with E-state index in [9.17, 15) is 16.8 Å². The van der Waals surface area contributed by atoms with Crippen molar-refractivity contribution in [2.45, 2.75) is 19.6 Å². The minimum Gasteiger partial charge on any atom is -0.294 e. The lowest BCUT2D eigenvalue weighted by molar-refractivity contribution is 0.299. The molecule has 0 heterocycles. The van der Waals surface area contributed by atoms with E-state index >= 15 is 0 Å². The van der Waals surface area contributed by atoms with Gasteiger partial charge in [0, 0.05) is 0 Å². The summed E-state index contributed by atoms with van der Waals surface area (Å²) in [7, 11) is -9.11. The van der Waals surface area contributed by atoms with Crippen LogP contribution in [0.4, 0.5) is 0 Å². The highest BCUT2D eigenvalue weighted by atomic mass is 32.3. The summed E-state index contributed by atoms with van der Waals surface area (Å²) in [6, 6.07) is 0. The van der Waals surface area contributed by atoms with Crippen molar-refractivity contribution >= 4 is 29.7 Å². The molecule has 0 saturated heterocycles. The van der Waals surface area contributed by atoms with Crippen molar-refractivity contribution in [2.24, 2.45) is 0 Å². The van der Waals surface area contributed by atoms with Gasteiger partial charge in [-0.05, 0) is 19.6 Å². The highest BCUT2D eigenvalue weighted by Crippen LogP contribution is 2.09. The summed E-state index contributed by atoms with van der Waals surface area (Å²) in [4.78, 5) is 0. The average Bonchev–Trinajstić information content (AvgIpc) is 2.06. The predicted molar refractivity (Wildman–Crippen MR) is 64.7 cm³/mol. The molecule has 102 valence electrons. The van der Waals surface area contributed by atoms with E-state index in [2.05, 4.69) is 8.37 Å². The molecule has 0 aliphatic carbocycles. The lowest BCUT2D eigenvalue weighted by Gasteiger charge is -2.15. The molecular weight excluding hydrogens is 288 g/mol. The Morgan fingerprint density at radius 3 is 2.12 bits per heavy atom. The van der Waals surface area contributed by atoms with Gasteiger partial charge in [-0.1, -0.05) is 12.2 Å². The summed E-state index contributed by atoms with van der Waals surface area (Å²) in [6.07, 6.45) is 2.65. The maximum Gasteiger partial charge on any atom is 0.390 e. The van der Waals surface area contributed by atoms with E-state index in [1.807, 2.05) is 0 Å². The average molecular weight is 304 g/mol. The van der Waals surface area contributed by atoms with E-state index in [0.717, 1.165) is 0 Å². The Morgan fingerprint density at radius 1 is 1.12 bits per heavy atom. The van der Waals surface area contributed by atoms with Crippen LogP contribution in [-0.2, 0) is 33.6 Å². The summed E-state index contributed by atoms with van der Waals surface area (Å²) in [5.74, 6) is 0. The molecule has 0 atom stereocenters. The monoisotopic (exact) mass is 304 g/mol. The normalized spacial score (nSPS) is 13.6. The molecule has 0 rings (SSSR count). The molecule has 0 amide bonds. The van der Waals surface area contributed by atoms with Gasteiger partial charge in [0.2, 0.25) is 8.32 Å². The Kier molecular flexibility index (Phi) is 7.12. The van der Waals surface area contributed by atoms with Crippen LogP contribution in [0.15, 0.2) is 12.2 Å². The molecule has 0 aromatic carbocycles. The first kappa shape index (κ1) is 16.7. The smallest absolute Gasteiger partial charge is 0.294 e. The lowest BCUT2D eigenvalue weighted by atomic mass is 10.5. The van der Waals surface area contributed by atoms with Gasteiger partial charge in [0.1, 0.15) is 0 Å². The fraction of sp³-hybridized carbons (Fsp3) is 0.714. The van der Waals surface area contributed by atoms with Crippen LogP contribution in [0, 0.1) is 0 Å². The van der Waals surface area contributed by atoms with Gasteiger partial charge in [-0.15, -0.1) is 0 Å². The molecule has 0 aliphatic rings. The Labute approximate surface area is 104 Å². The highest BCUT2D eigenvalue weighted by Gasteiger charge is 2.24. The van der Waals surface area contributed by atoms with Crippen molar-refractivity contribution in [3.05, 3.63) is 12.2 Å². The van der Waals surface area contributed by atoms with Gasteiger partial charge in [0.15, 0.2) is 0 Å². The quantitative estimate of drug-likeness (QED) is 0.389. The van der Waals surface area contributed by atoms with Crippen molar-refractivity contribution in [2.75, 3.05) is 13.2 Å². The zero-order valence-corrected chi connectivity index (χ0v) is 12.5. The largest absolute Gasteiger partial charge is 0.390 e. The van der Waals surface area contributed by atoms with Gasteiger partial charge in [-0.3, -0.25) is 8.06 Å². The topological polar surface area (TPSA) is 96.0 Å². The molecule has 17 heavy (non-hydrogen) atoms. The van der Waals surface area contributed by atoms with Crippen molar-refractivity contribution in [1.82, 2.24) is 0 Å². The fourth-order valence-corrected chi connectivity index (χ4v) is 3.79. The third kappa shape index (κ3) is 12.0.